The summed E-state index contributed by atoms with van der Waals surface area (Å²) < 4.78 is 0. The van der Waals surface area contributed by atoms with Gasteiger partial charge in [-0.1, -0.05) is 26.1 Å². The zero-order valence-corrected chi connectivity index (χ0v) is 7.63. The van der Waals surface area contributed by atoms with Crippen molar-refractivity contribution in [3.8, 4) is 0 Å². The van der Waals surface area contributed by atoms with Crippen LogP contribution in [-0.4, -0.2) is 10.9 Å². The Morgan fingerprint density at radius 3 is 1.70 bits per heavy atom. The Labute approximate surface area is 67.2 Å². The molecular weight excluding hydrogens is 148 g/mol. The van der Waals surface area contributed by atoms with E-state index in [1.807, 2.05) is 13.8 Å². The highest BCUT2D eigenvalue weighted by atomic mass is 32.1. The van der Waals surface area contributed by atoms with Gasteiger partial charge in [0.1, 0.15) is 0 Å². The third-order valence-corrected chi connectivity index (χ3v) is 0.517. The van der Waals surface area contributed by atoms with Crippen LogP contribution in [0.4, 0.5) is 0 Å². The summed E-state index contributed by atoms with van der Waals surface area (Å²) >= 11 is 4.59. The van der Waals surface area contributed by atoms with Gasteiger partial charge in [0.2, 0.25) is 5.91 Å². The molecule has 0 spiro atoms. The maximum Gasteiger partial charge on any atom is 0.235 e. The highest BCUT2D eigenvalue weighted by Gasteiger charge is 1.85. The summed E-state index contributed by atoms with van der Waals surface area (Å²) in [6.07, 6.45) is 0. The smallest absolute Gasteiger partial charge is 0.235 e. The fourth-order valence-electron chi connectivity index (χ4n) is 0.176. The minimum absolute atomic E-state index is 0.144. The van der Waals surface area contributed by atoms with Crippen LogP contribution in [0.5, 0.6) is 0 Å². The Bertz CT molecular complexity index is 100. The summed E-state index contributed by atoms with van der Waals surface area (Å²) in [5.41, 5.74) is 4.79. The average Bonchev–Trinajstić information content (AvgIpc) is 1.89. The molecular formula is C6H14N2OS. The molecule has 0 aliphatic carbocycles. The monoisotopic (exact) mass is 162 g/mol. The van der Waals surface area contributed by atoms with Crippen molar-refractivity contribution in [3.63, 3.8) is 0 Å². The van der Waals surface area contributed by atoms with Gasteiger partial charge in [-0.15, -0.1) is 0 Å². The van der Waals surface area contributed by atoms with Crippen molar-refractivity contribution in [1.29, 1.82) is 0 Å². The zero-order valence-electron chi connectivity index (χ0n) is 6.82. The van der Waals surface area contributed by atoms with E-state index >= 15 is 0 Å². The molecule has 60 valence electrons. The molecule has 0 aromatic heterocycles. The summed E-state index contributed by atoms with van der Waals surface area (Å²) in [4.78, 5) is 10.7. The maximum absolute atomic E-state index is 10.1. The molecule has 0 rings (SSSR count). The van der Waals surface area contributed by atoms with Crippen LogP contribution < -0.4 is 10.9 Å². The second-order valence-electron chi connectivity index (χ2n) is 1.36. The maximum atomic E-state index is 10.1. The van der Waals surface area contributed by atoms with E-state index in [0.717, 1.165) is 0 Å². The van der Waals surface area contributed by atoms with E-state index in [0.29, 0.717) is 4.99 Å². The SMILES string of the molecule is CC.CC(=O)NNC(C)=S. The third-order valence-electron chi connectivity index (χ3n) is 0.415. The van der Waals surface area contributed by atoms with E-state index in [4.69, 9.17) is 0 Å². The molecule has 0 fully saturated rings. The van der Waals surface area contributed by atoms with Gasteiger partial charge in [-0.2, -0.15) is 0 Å². The average molecular weight is 162 g/mol. The Morgan fingerprint density at radius 1 is 1.20 bits per heavy atom. The number of hydrazine groups is 1. The van der Waals surface area contributed by atoms with Crippen LogP contribution >= 0.6 is 12.2 Å². The van der Waals surface area contributed by atoms with Crippen LogP contribution in [0, 0.1) is 0 Å². The molecule has 0 heterocycles. The van der Waals surface area contributed by atoms with Crippen LogP contribution in [0.15, 0.2) is 0 Å². The molecule has 0 unspecified atom stereocenters. The lowest BCUT2D eigenvalue weighted by atomic mass is 10.7. The van der Waals surface area contributed by atoms with Gasteiger partial charge in [0.25, 0.3) is 0 Å². The summed E-state index contributed by atoms with van der Waals surface area (Å²) in [5, 5.41) is 0. The first kappa shape index (κ1) is 12.1. The number of carbonyl (C=O) groups is 1. The van der Waals surface area contributed by atoms with Gasteiger partial charge >= 0.3 is 0 Å². The number of amides is 1. The third kappa shape index (κ3) is 15.7. The van der Waals surface area contributed by atoms with Crippen molar-refractivity contribution < 1.29 is 4.79 Å². The van der Waals surface area contributed by atoms with Gasteiger partial charge in [0, 0.05) is 6.92 Å². The Kier molecular flexibility index (Phi) is 10.1. The Balaban J connectivity index is 0. The highest BCUT2D eigenvalue weighted by molar-refractivity contribution is 7.80. The number of carbonyl (C=O) groups excluding carboxylic acids is 1. The predicted octanol–water partition coefficient (Wildman–Crippen LogP) is 1.00. The predicted molar refractivity (Wildman–Crippen MR) is 46.6 cm³/mol. The van der Waals surface area contributed by atoms with Gasteiger partial charge < -0.3 is 0 Å². The molecule has 0 aromatic rings. The number of hydrogen-bond donors (Lipinski definition) is 2. The molecule has 0 radical (unpaired) electrons. The molecule has 0 bridgehead atoms. The molecule has 0 saturated heterocycles. The number of rotatable bonds is 0. The van der Waals surface area contributed by atoms with Gasteiger partial charge in [-0.25, -0.2) is 0 Å². The van der Waals surface area contributed by atoms with Crippen LogP contribution in [0.2, 0.25) is 0 Å². The van der Waals surface area contributed by atoms with E-state index in [2.05, 4.69) is 23.1 Å². The molecule has 4 heteroatoms. The molecule has 0 atom stereocenters. The highest BCUT2D eigenvalue weighted by Crippen LogP contribution is 1.61. The number of hydrogen-bond acceptors (Lipinski definition) is 2. The number of nitrogens with one attached hydrogen (secondary N) is 2. The molecule has 3 nitrogen and oxygen atoms in total. The fraction of sp³-hybridized carbons (Fsp3) is 0.667. The summed E-state index contributed by atoms with van der Waals surface area (Å²) in [5.74, 6) is -0.144. The minimum atomic E-state index is -0.144. The van der Waals surface area contributed by atoms with Crippen LogP contribution in [-0.2, 0) is 4.79 Å². The van der Waals surface area contributed by atoms with Crippen LogP contribution in [0.1, 0.15) is 27.7 Å². The van der Waals surface area contributed by atoms with E-state index in [1.165, 1.54) is 6.92 Å². The Morgan fingerprint density at radius 2 is 1.60 bits per heavy atom. The van der Waals surface area contributed by atoms with E-state index in [-0.39, 0.29) is 5.91 Å². The lowest BCUT2D eigenvalue weighted by Crippen LogP contribution is -2.37. The molecule has 0 saturated carbocycles. The zero-order chi connectivity index (χ0) is 8.57. The molecule has 1 amide bonds. The van der Waals surface area contributed by atoms with Crippen molar-refractivity contribution in [2.45, 2.75) is 27.7 Å². The normalized spacial score (nSPS) is 6.80. The van der Waals surface area contributed by atoms with Crippen LogP contribution in [0.3, 0.4) is 0 Å². The topological polar surface area (TPSA) is 41.1 Å². The van der Waals surface area contributed by atoms with Crippen molar-refractivity contribution in [1.82, 2.24) is 10.9 Å². The second kappa shape index (κ2) is 8.36. The number of thiocarbonyl (C=S) groups is 1. The summed E-state index contributed by atoms with van der Waals surface area (Å²) in [7, 11) is 0. The standard InChI is InChI=1S/C4H8N2OS.C2H6/c1-3(7)5-6-4(2)8;1-2/h1-2H3,(H,5,7)(H,6,8);1-2H3. The van der Waals surface area contributed by atoms with Crippen LogP contribution in [0.25, 0.3) is 0 Å². The van der Waals surface area contributed by atoms with Crippen molar-refractivity contribution in [2.75, 3.05) is 0 Å². The molecule has 10 heavy (non-hydrogen) atoms. The van der Waals surface area contributed by atoms with Crippen molar-refractivity contribution >= 4 is 23.1 Å². The lowest BCUT2D eigenvalue weighted by Gasteiger charge is -2.00. The quantitative estimate of drug-likeness (QED) is 0.412. The van der Waals surface area contributed by atoms with E-state index in [1.54, 1.807) is 6.92 Å². The molecule has 0 aliphatic heterocycles. The Hall–Kier alpha value is -0.640. The largest absolute Gasteiger partial charge is 0.292 e. The minimum Gasteiger partial charge on any atom is -0.292 e. The first-order valence-electron chi connectivity index (χ1n) is 3.16. The first-order chi connectivity index (χ1) is 4.63. The first-order valence-corrected chi connectivity index (χ1v) is 3.57. The van der Waals surface area contributed by atoms with Gasteiger partial charge in [-0.3, -0.25) is 15.6 Å². The van der Waals surface area contributed by atoms with Crippen molar-refractivity contribution in [2.24, 2.45) is 0 Å². The van der Waals surface area contributed by atoms with E-state index < -0.39 is 0 Å². The second-order valence-corrected chi connectivity index (χ2v) is 1.97. The molecule has 0 aliphatic rings. The molecule has 0 aromatic carbocycles. The lowest BCUT2D eigenvalue weighted by molar-refractivity contribution is -0.119. The van der Waals surface area contributed by atoms with E-state index in [9.17, 15) is 4.79 Å². The van der Waals surface area contributed by atoms with Gasteiger partial charge in [0.05, 0.1) is 4.99 Å². The fourth-order valence-corrected chi connectivity index (χ4v) is 0.227. The van der Waals surface area contributed by atoms with Crippen molar-refractivity contribution in [3.05, 3.63) is 0 Å². The van der Waals surface area contributed by atoms with Gasteiger partial charge in [-0.05, 0) is 6.92 Å². The summed E-state index contributed by atoms with van der Waals surface area (Å²) in [6.45, 7) is 7.09. The summed E-state index contributed by atoms with van der Waals surface area (Å²) in [6, 6.07) is 0. The van der Waals surface area contributed by atoms with Gasteiger partial charge in [0.15, 0.2) is 0 Å². The molecule has 2 N–H and O–H groups in total.